The standard InChI is InChI=1S/C28H33N5O4/c1-3-21-7-4-6-20(2)27(21)31-25(34)18-37-24-10-8-23(9-11-24)33-17-22(16-26(33)35)28(36)30-12-5-14-32-15-13-29-19-32/h4,6-11,13,15,19,22H,3,5,12,14,16-18H2,1-2H3,(H,30,36)(H,31,34)/t22-/m1/s1. The van der Waals surface area contributed by atoms with Crippen molar-refractivity contribution in [3.63, 3.8) is 0 Å². The van der Waals surface area contributed by atoms with Crippen molar-refractivity contribution in [3.05, 3.63) is 72.3 Å². The van der Waals surface area contributed by atoms with Crippen molar-refractivity contribution in [2.75, 3.05) is 29.9 Å². The highest BCUT2D eigenvalue weighted by molar-refractivity contribution is 6.00. The van der Waals surface area contributed by atoms with Crippen molar-refractivity contribution in [1.29, 1.82) is 0 Å². The van der Waals surface area contributed by atoms with Crippen molar-refractivity contribution in [3.8, 4) is 5.75 Å². The average Bonchev–Trinajstić information content (AvgIpc) is 3.56. The van der Waals surface area contributed by atoms with Gasteiger partial charge in [-0.15, -0.1) is 0 Å². The first-order valence-corrected chi connectivity index (χ1v) is 12.6. The van der Waals surface area contributed by atoms with E-state index in [1.54, 1.807) is 41.7 Å². The number of anilines is 2. The molecule has 0 aliphatic carbocycles. The number of rotatable bonds is 11. The number of benzene rings is 2. The minimum absolute atomic E-state index is 0.0865. The lowest BCUT2D eigenvalue weighted by atomic mass is 10.1. The molecule has 1 atom stereocenters. The summed E-state index contributed by atoms with van der Waals surface area (Å²) < 4.78 is 7.61. The molecule has 2 aromatic carbocycles. The Kier molecular flexibility index (Phi) is 8.56. The van der Waals surface area contributed by atoms with Crippen LogP contribution < -0.4 is 20.3 Å². The number of aryl methyl sites for hydroxylation is 3. The number of hydrogen-bond acceptors (Lipinski definition) is 5. The van der Waals surface area contributed by atoms with Gasteiger partial charge in [-0.3, -0.25) is 14.4 Å². The fraction of sp³-hybridized carbons (Fsp3) is 0.357. The van der Waals surface area contributed by atoms with E-state index < -0.39 is 0 Å². The second-order valence-corrected chi connectivity index (χ2v) is 9.14. The number of nitrogens with one attached hydrogen (secondary N) is 2. The first-order valence-electron chi connectivity index (χ1n) is 12.6. The number of carbonyl (C=O) groups is 3. The molecular formula is C28H33N5O4. The Morgan fingerprint density at radius 1 is 1.16 bits per heavy atom. The van der Waals surface area contributed by atoms with Gasteiger partial charge < -0.3 is 24.8 Å². The van der Waals surface area contributed by atoms with Gasteiger partial charge in [0.15, 0.2) is 6.61 Å². The van der Waals surface area contributed by atoms with E-state index in [2.05, 4.69) is 15.6 Å². The summed E-state index contributed by atoms with van der Waals surface area (Å²) in [5.74, 6) is -0.279. The predicted octanol–water partition coefficient (Wildman–Crippen LogP) is 3.33. The predicted molar refractivity (Wildman–Crippen MR) is 141 cm³/mol. The van der Waals surface area contributed by atoms with Crippen LogP contribution in [0.5, 0.6) is 5.75 Å². The maximum Gasteiger partial charge on any atom is 0.262 e. The summed E-state index contributed by atoms with van der Waals surface area (Å²) in [5, 5.41) is 5.88. The minimum Gasteiger partial charge on any atom is -0.484 e. The molecular weight excluding hydrogens is 470 g/mol. The van der Waals surface area contributed by atoms with Gasteiger partial charge in [-0.2, -0.15) is 0 Å². The quantitative estimate of drug-likeness (QED) is 0.391. The highest BCUT2D eigenvalue weighted by Crippen LogP contribution is 2.27. The van der Waals surface area contributed by atoms with Crippen LogP contribution in [0.2, 0.25) is 0 Å². The number of imidazole rings is 1. The van der Waals surface area contributed by atoms with E-state index in [1.807, 2.05) is 42.8 Å². The summed E-state index contributed by atoms with van der Waals surface area (Å²) in [5.41, 5.74) is 3.62. The van der Waals surface area contributed by atoms with Gasteiger partial charge in [0, 0.05) is 49.8 Å². The number of ether oxygens (including phenoxy) is 1. The van der Waals surface area contributed by atoms with Crippen LogP contribution >= 0.6 is 0 Å². The molecule has 3 aromatic rings. The third kappa shape index (κ3) is 6.75. The zero-order valence-electron chi connectivity index (χ0n) is 21.3. The molecule has 1 fully saturated rings. The second kappa shape index (κ2) is 12.2. The van der Waals surface area contributed by atoms with E-state index in [1.165, 1.54) is 0 Å². The molecule has 0 radical (unpaired) electrons. The highest BCUT2D eigenvalue weighted by Gasteiger charge is 2.34. The fourth-order valence-corrected chi connectivity index (χ4v) is 4.42. The molecule has 1 aliphatic rings. The molecule has 1 saturated heterocycles. The Labute approximate surface area is 216 Å². The van der Waals surface area contributed by atoms with Gasteiger partial charge in [0.25, 0.3) is 5.91 Å². The van der Waals surface area contributed by atoms with Crippen LogP contribution in [0, 0.1) is 12.8 Å². The Morgan fingerprint density at radius 2 is 1.97 bits per heavy atom. The Morgan fingerprint density at radius 3 is 2.70 bits per heavy atom. The van der Waals surface area contributed by atoms with Crippen LogP contribution in [0.25, 0.3) is 0 Å². The van der Waals surface area contributed by atoms with E-state index in [0.717, 1.165) is 36.2 Å². The SMILES string of the molecule is CCc1cccc(C)c1NC(=O)COc1ccc(N2C[C@H](C(=O)NCCCn3ccnc3)CC2=O)cc1. The summed E-state index contributed by atoms with van der Waals surface area (Å²) in [4.78, 5) is 43.2. The Balaban J connectivity index is 1.24. The smallest absolute Gasteiger partial charge is 0.262 e. The van der Waals surface area contributed by atoms with Crippen LogP contribution in [0.15, 0.2) is 61.2 Å². The van der Waals surface area contributed by atoms with E-state index in [0.29, 0.717) is 24.5 Å². The number of aromatic nitrogens is 2. The van der Waals surface area contributed by atoms with Crippen LogP contribution in [-0.4, -0.2) is 47.0 Å². The molecule has 0 spiro atoms. The summed E-state index contributed by atoms with van der Waals surface area (Å²) in [7, 11) is 0. The molecule has 9 nitrogen and oxygen atoms in total. The molecule has 1 aliphatic heterocycles. The first-order chi connectivity index (χ1) is 17.9. The lowest BCUT2D eigenvalue weighted by Crippen LogP contribution is -2.33. The summed E-state index contributed by atoms with van der Waals surface area (Å²) in [6.45, 7) is 5.55. The minimum atomic E-state index is -0.380. The maximum absolute atomic E-state index is 12.6. The third-order valence-electron chi connectivity index (χ3n) is 6.47. The largest absolute Gasteiger partial charge is 0.484 e. The third-order valence-corrected chi connectivity index (χ3v) is 6.47. The average molecular weight is 504 g/mol. The van der Waals surface area contributed by atoms with Gasteiger partial charge in [0.2, 0.25) is 11.8 Å². The number of nitrogens with zero attached hydrogens (tertiary/aromatic N) is 3. The van der Waals surface area contributed by atoms with Crippen molar-refractivity contribution in [2.24, 2.45) is 5.92 Å². The summed E-state index contributed by atoms with van der Waals surface area (Å²) in [6, 6.07) is 12.9. The van der Waals surface area contributed by atoms with Crippen molar-refractivity contribution < 1.29 is 19.1 Å². The molecule has 9 heteroatoms. The molecule has 2 N–H and O–H groups in total. The fourth-order valence-electron chi connectivity index (χ4n) is 4.42. The van der Waals surface area contributed by atoms with Gasteiger partial charge in [-0.25, -0.2) is 4.98 Å². The highest BCUT2D eigenvalue weighted by atomic mass is 16.5. The molecule has 0 bridgehead atoms. The summed E-state index contributed by atoms with van der Waals surface area (Å²) in [6.07, 6.45) is 7.15. The molecule has 2 heterocycles. The van der Waals surface area contributed by atoms with Crippen LogP contribution in [0.1, 0.15) is 30.9 Å². The number of para-hydroxylation sites is 1. The van der Waals surface area contributed by atoms with E-state index in [9.17, 15) is 14.4 Å². The Bertz CT molecular complexity index is 1220. The lowest BCUT2D eigenvalue weighted by molar-refractivity contribution is -0.126. The maximum atomic E-state index is 12.6. The molecule has 0 saturated carbocycles. The van der Waals surface area contributed by atoms with Crippen LogP contribution in [-0.2, 0) is 27.3 Å². The molecule has 37 heavy (non-hydrogen) atoms. The second-order valence-electron chi connectivity index (χ2n) is 9.14. The zero-order valence-corrected chi connectivity index (χ0v) is 21.3. The van der Waals surface area contributed by atoms with E-state index in [-0.39, 0.29) is 36.7 Å². The van der Waals surface area contributed by atoms with Gasteiger partial charge in [0.05, 0.1) is 12.2 Å². The van der Waals surface area contributed by atoms with E-state index in [4.69, 9.17) is 4.74 Å². The Hall–Kier alpha value is -4.14. The summed E-state index contributed by atoms with van der Waals surface area (Å²) >= 11 is 0. The van der Waals surface area contributed by atoms with Gasteiger partial charge in [-0.1, -0.05) is 25.1 Å². The van der Waals surface area contributed by atoms with E-state index >= 15 is 0 Å². The van der Waals surface area contributed by atoms with Gasteiger partial charge >= 0.3 is 0 Å². The molecule has 3 amide bonds. The number of amides is 3. The van der Waals surface area contributed by atoms with Crippen LogP contribution in [0.4, 0.5) is 11.4 Å². The zero-order chi connectivity index (χ0) is 26.2. The normalized spacial score (nSPS) is 15.0. The van der Waals surface area contributed by atoms with Crippen LogP contribution in [0.3, 0.4) is 0 Å². The number of hydrogen-bond donors (Lipinski definition) is 2. The monoisotopic (exact) mass is 503 g/mol. The molecule has 194 valence electrons. The first kappa shape index (κ1) is 25.9. The molecule has 4 rings (SSSR count). The number of carbonyl (C=O) groups excluding carboxylic acids is 3. The van der Waals surface area contributed by atoms with Crippen molar-refractivity contribution in [1.82, 2.24) is 14.9 Å². The van der Waals surface area contributed by atoms with Gasteiger partial charge in [0.1, 0.15) is 5.75 Å². The topological polar surface area (TPSA) is 106 Å². The van der Waals surface area contributed by atoms with Gasteiger partial charge in [-0.05, 0) is 55.2 Å². The molecule has 1 aromatic heterocycles. The lowest BCUT2D eigenvalue weighted by Gasteiger charge is -2.17. The molecule has 0 unspecified atom stereocenters. The van der Waals surface area contributed by atoms with Crippen molar-refractivity contribution >= 4 is 29.1 Å². The van der Waals surface area contributed by atoms with Crippen molar-refractivity contribution in [2.45, 2.75) is 39.7 Å².